The van der Waals surface area contributed by atoms with Crippen molar-refractivity contribution in [1.29, 1.82) is 0 Å². The smallest absolute Gasteiger partial charge is 0.334 e. The van der Waals surface area contributed by atoms with Crippen molar-refractivity contribution < 1.29 is 17.9 Å². The van der Waals surface area contributed by atoms with Crippen molar-refractivity contribution in [2.45, 2.75) is 38.9 Å². The molecule has 5 aromatic rings. The molecule has 1 atom stereocenters. The number of methoxy groups -OCH3 is 1. The van der Waals surface area contributed by atoms with Gasteiger partial charge in [-0.3, -0.25) is 4.57 Å². The minimum absolute atomic E-state index is 0. The summed E-state index contributed by atoms with van der Waals surface area (Å²) in [5.41, 5.74) is 2.16. The monoisotopic (exact) mass is 583 g/mol. The Hall–Kier alpha value is -4.17. The molecule has 10 nitrogen and oxygen atoms in total. The van der Waals surface area contributed by atoms with Crippen molar-refractivity contribution >= 4 is 25.3 Å². The first-order chi connectivity index (χ1) is 19.3. The fraction of sp³-hybridized carbons (Fsp3) is 0.296. The molecule has 1 aliphatic rings. The molecule has 0 unspecified atom stereocenters. The van der Waals surface area contributed by atoms with Crippen molar-refractivity contribution in [1.82, 2.24) is 39.1 Å². The molecule has 4 aromatic heterocycles. The van der Waals surface area contributed by atoms with E-state index in [1.165, 1.54) is 16.7 Å². The normalized spacial score (nSPS) is 14.3. The molecule has 0 aliphatic carbocycles. The van der Waals surface area contributed by atoms with Crippen molar-refractivity contribution in [2.24, 2.45) is 0 Å². The number of aromatic nitrogens is 8. The Morgan fingerprint density at radius 3 is 2.76 bits per heavy atom. The summed E-state index contributed by atoms with van der Waals surface area (Å²) in [6.45, 7) is 5.17. The van der Waals surface area contributed by atoms with E-state index >= 15 is 8.78 Å². The quantitative estimate of drug-likeness (QED) is 0.272. The summed E-state index contributed by atoms with van der Waals surface area (Å²) < 4.78 is 55.6. The van der Waals surface area contributed by atoms with E-state index in [1.807, 2.05) is 29.8 Å². The summed E-state index contributed by atoms with van der Waals surface area (Å²) in [6.07, 6.45) is 5.31. The minimum Gasteiger partial charge on any atom is -0.383 e. The van der Waals surface area contributed by atoms with Crippen molar-refractivity contribution in [3.63, 3.8) is 0 Å². The van der Waals surface area contributed by atoms with Gasteiger partial charge in [-0.25, -0.2) is 19.0 Å². The van der Waals surface area contributed by atoms with Crippen molar-refractivity contribution in [3.05, 3.63) is 77.8 Å². The van der Waals surface area contributed by atoms with Crippen LogP contribution in [0.3, 0.4) is 0 Å². The SMILES string of the molecule is COCCn1nccc1Nc1ncc(C)c(-c2cc3n(c2)C[C@H](C)n2c-3nnc2C(F)(F)c2ccccc2F)n1.S. The number of nitrogens with zero attached hydrogens (tertiary/aromatic N) is 8. The molecule has 5 heterocycles. The Kier molecular flexibility index (Phi) is 7.62. The molecule has 1 aliphatic heterocycles. The molecule has 1 aromatic carbocycles. The maximum Gasteiger partial charge on any atom is 0.334 e. The van der Waals surface area contributed by atoms with Gasteiger partial charge in [-0.05, 0) is 37.6 Å². The molecule has 1 N–H and O–H groups in total. The van der Waals surface area contributed by atoms with Gasteiger partial charge in [-0.2, -0.15) is 27.4 Å². The van der Waals surface area contributed by atoms with Gasteiger partial charge in [0.15, 0.2) is 5.82 Å². The molecular weight excluding hydrogens is 555 g/mol. The van der Waals surface area contributed by atoms with Gasteiger partial charge in [0.25, 0.3) is 0 Å². The second-order valence-electron chi connectivity index (χ2n) is 9.67. The predicted molar refractivity (Wildman–Crippen MR) is 151 cm³/mol. The lowest BCUT2D eigenvalue weighted by atomic mass is 10.1. The molecule has 0 amide bonds. The zero-order valence-corrected chi connectivity index (χ0v) is 23.5. The zero-order valence-electron chi connectivity index (χ0n) is 22.5. The van der Waals surface area contributed by atoms with Crippen LogP contribution in [-0.4, -0.2) is 52.8 Å². The Balaban J connectivity index is 0.00000337. The lowest BCUT2D eigenvalue weighted by Crippen LogP contribution is -2.28. The van der Waals surface area contributed by atoms with E-state index in [9.17, 15) is 4.39 Å². The highest BCUT2D eigenvalue weighted by molar-refractivity contribution is 7.59. The van der Waals surface area contributed by atoms with E-state index < -0.39 is 29.2 Å². The summed E-state index contributed by atoms with van der Waals surface area (Å²) in [5, 5.41) is 15.5. The fourth-order valence-electron chi connectivity index (χ4n) is 4.98. The van der Waals surface area contributed by atoms with Crippen LogP contribution in [0.5, 0.6) is 0 Å². The minimum atomic E-state index is -3.66. The fourth-order valence-corrected chi connectivity index (χ4v) is 4.98. The van der Waals surface area contributed by atoms with E-state index in [0.717, 1.165) is 23.3 Å². The number of nitrogens with one attached hydrogen (secondary N) is 1. The maximum absolute atomic E-state index is 15.5. The van der Waals surface area contributed by atoms with Crippen molar-refractivity contribution in [3.8, 4) is 22.8 Å². The summed E-state index contributed by atoms with van der Waals surface area (Å²) in [6, 6.07) is 8.09. The van der Waals surface area contributed by atoms with Crippen LogP contribution in [0.15, 0.2) is 55.0 Å². The van der Waals surface area contributed by atoms with E-state index in [4.69, 9.17) is 9.72 Å². The Bertz CT molecular complexity index is 1700. The van der Waals surface area contributed by atoms with Crippen molar-refractivity contribution in [2.75, 3.05) is 19.0 Å². The van der Waals surface area contributed by atoms with Gasteiger partial charge in [0, 0.05) is 37.7 Å². The predicted octanol–water partition coefficient (Wildman–Crippen LogP) is 5.07. The van der Waals surface area contributed by atoms with Gasteiger partial charge in [0.05, 0.1) is 42.3 Å². The molecule has 0 bridgehead atoms. The van der Waals surface area contributed by atoms with Crippen LogP contribution < -0.4 is 5.32 Å². The largest absolute Gasteiger partial charge is 0.383 e. The Morgan fingerprint density at radius 2 is 1.98 bits per heavy atom. The molecule has 14 heteroatoms. The molecule has 0 fully saturated rings. The van der Waals surface area contributed by atoms with Crippen LogP contribution in [0.2, 0.25) is 0 Å². The molecule has 214 valence electrons. The first-order valence-corrected chi connectivity index (χ1v) is 12.7. The summed E-state index contributed by atoms with van der Waals surface area (Å²) in [7, 11) is 1.63. The first kappa shape index (κ1) is 28.4. The third kappa shape index (κ3) is 4.97. The number of aryl methyl sites for hydroxylation is 1. The highest BCUT2D eigenvalue weighted by atomic mass is 32.1. The van der Waals surface area contributed by atoms with Gasteiger partial charge < -0.3 is 14.6 Å². The summed E-state index contributed by atoms with van der Waals surface area (Å²) in [4.78, 5) is 9.15. The highest BCUT2D eigenvalue weighted by Crippen LogP contribution is 2.42. The number of anilines is 2. The number of rotatable bonds is 8. The Labute approximate surface area is 240 Å². The molecule has 41 heavy (non-hydrogen) atoms. The van der Waals surface area contributed by atoms with E-state index in [-0.39, 0.29) is 19.3 Å². The molecule has 0 saturated heterocycles. The Morgan fingerprint density at radius 1 is 1.17 bits per heavy atom. The van der Waals surface area contributed by atoms with Gasteiger partial charge >= 0.3 is 5.92 Å². The van der Waals surface area contributed by atoms with Crippen LogP contribution in [0.1, 0.15) is 29.9 Å². The van der Waals surface area contributed by atoms with Gasteiger partial charge in [0.2, 0.25) is 11.8 Å². The van der Waals surface area contributed by atoms with Crippen LogP contribution in [0, 0.1) is 12.7 Å². The van der Waals surface area contributed by atoms with Gasteiger partial charge in [-0.15, -0.1) is 10.2 Å². The van der Waals surface area contributed by atoms with E-state index in [1.54, 1.807) is 31.1 Å². The maximum atomic E-state index is 15.5. The standard InChI is InChI=1S/C27H26F3N9O.H2S/c1-16-13-31-26(33-22-8-9-32-38(22)10-11-40-3)34-23(16)18-12-21-24-35-36-25(39(24)17(2)14-37(21)15-18)27(29,30)19-6-4-5-7-20(19)28;/h4-9,12-13,15,17H,10-11,14H2,1-3H3,(H,31,33,34);1H2/t17-;/m0./s1. The first-order valence-electron chi connectivity index (χ1n) is 12.7. The van der Waals surface area contributed by atoms with E-state index in [0.29, 0.717) is 42.9 Å². The summed E-state index contributed by atoms with van der Waals surface area (Å²) in [5.74, 6) is -3.88. The third-order valence-electron chi connectivity index (χ3n) is 6.92. The van der Waals surface area contributed by atoms with Crippen LogP contribution in [-0.2, 0) is 23.7 Å². The molecule has 6 rings (SSSR count). The molecular formula is C27H28F3N9OS. The van der Waals surface area contributed by atoms with Crippen LogP contribution in [0.25, 0.3) is 22.8 Å². The zero-order chi connectivity index (χ0) is 28.0. The number of hydrogen-bond acceptors (Lipinski definition) is 7. The second kappa shape index (κ2) is 11.0. The molecule has 0 radical (unpaired) electrons. The average Bonchev–Trinajstić information content (AvgIpc) is 3.67. The number of alkyl halides is 2. The van der Waals surface area contributed by atoms with Crippen LogP contribution >= 0.6 is 13.5 Å². The van der Waals surface area contributed by atoms with Gasteiger partial charge in [0.1, 0.15) is 11.6 Å². The average molecular weight is 584 g/mol. The second-order valence-corrected chi connectivity index (χ2v) is 9.67. The number of hydrogen-bond donors (Lipinski definition) is 1. The number of benzene rings is 1. The topological polar surface area (TPSA) is 100 Å². The molecule has 0 saturated carbocycles. The van der Waals surface area contributed by atoms with Crippen LogP contribution in [0.4, 0.5) is 24.9 Å². The summed E-state index contributed by atoms with van der Waals surface area (Å²) >= 11 is 0. The highest BCUT2D eigenvalue weighted by Gasteiger charge is 2.44. The third-order valence-corrected chi connectivity index (χ3v) is 6.92. The number of ether oxygens (including phenoxy) is 1. The number of fused-ring (bicyclic) bond motifs is 3. The number of halogens is 3. The lowest BCUT2D eigenvalue weighted by Gasteiger charge is -2.27. The van der Waals surface area contributed by atoms with Gasteiger partial charge in [-0.1, -0.05) is 12.1 Å². The molecule has 0 spiro atoms. The lowest BCUT2D eigenvalue weighted by molar-refractivity contribution is 0.0231. The van der Waals surface area contributed by atoms with E-state index in [2.05, 4.69) is 25.6 Å².